The molecule has 136 valence electrons. The van der Waals surface area contributed by atoms with Gasteiger partial charge in [0.05, 0.1) is 17.7 Å². The van der Waals surface area contributed by atoms with Crippen LogP contribution in [0.1, 0.15) is 13.8 Å². The summed E-state index contributed by atoms with van der Waals surface area (Å²) in [6.07, 6.45) is 1.59. The molecule has 2 heterocycles. The Balaban J connectivity index is 1.94. The van der Waals surface area contributed by atoms with Crippen molar-refractivity contribution in [2.24, 2.45) is 0 Å². The Morgan fingerprint density at radius 3 is 2.69 bits per heavy atom. The molecule has 0 saturated heterocycles. The van der Waals surface area contributed by atoms with Gasteiger partial charge in [0.1, 0.15) is 0 Å². The molecule has 0 unspecified atom stereocenters. The highest BCUT2D eigenvalue weighted by Gasteiger charge is 2.20. The summed E-state index contributed by atoms with van der Waals surface area (Å²) in [5.41, 5.74) is 0.812. The number of amides is 1. The molecule has 1 amide bonds. The summed E-state index contributed by atoms with van der Waals surface area (Å²) in [6, 6.07) is 11.0. The number of carbonyl (C=O) groups is 1. The predicted octanol–water partition coefficient (Wildman–Crippen LogP) is 4.14. The van der Waals surface area contributed by atoms with Crippen molar-refractivity contribution in [1.29, 1.82) is 0 Å². The molecule has 1 aromatic carbocycles. The first kappa shape index (κ1) is 18.5. The average Bonchev–Trinajstić information content (AvgIpc) is 3.30. The molecule has 26 heavy (non-hydrogen) atoms. The minimum Gasteiger partial charge on any atom is -0.461 e. The molecule has 0 fully saturated rings. The van der Waals surface area contributed by atoms with Crippen molar-refractivity contribution in [3.8, 4) is 17.3 Å². The van der Waals surface area contributed by atoms with Gasteiger partial charge < -0.3 is 9.32 Å². The average molecular weight is 391 g/mol. The lowest BCUT2D eigenvalue weighted by Crippen LogP contribution is -2.31. The van der Waals surface area contributed by atoms with E-state index in [1.54, 1.807) is 23.3 Å². The van der Waals surface area contributed by atoms with Crippen molar-refractivity contribution >= 4 is 29.3 Å². The zero-order chi connectivity index (χ0) is 18.5. The first-order chi connectivity index (χ1) is 12.6. The van der Waals surface area contributed by atoms with Gasteiger partial charge in [0.25, 0.3) is 0 Å². The highest BCUT2D eigenvalue weighted by atomic mass is 35.5. The van der Waals surface area contributed by atoms with Crippen LogP contribution in [-0.2, 0) is 4.79 Å². The van der Waals surface area contributed by atoms with Crippen molar-refractivity contribution in [2.45, 2.75) is 19.0 Å². The van der Waals surface area contributed by atoms with Gasteiger partial charge in [-0.15, -0.1) is 10.2 Å². The van der Waals surface area contributed by atoms with E-state index in [2.05, 4.69) is 10.2 Å². The van der Waals surface area contributed by atoms with Gasteiger partial charge in [0.2, 0.25) is 11.7 Å². The van der Waals surface area contributed by atoms with Gasteiger partial charge >= 0.3 is 0 Å². The Morgan fingerprint density at radius 1 is 1.23 bits per heavy atom. The van der Waals surface area contributed by atoms with Crippen molar-refractivity contribution in [1.82, 2.24) is 19.7 Å². The van der Waals surface area contributed by atoms with E-state index in [4.69, 9.17) is 16.0 Å². The minimum absolute atomic E-state index is 0.0696. The van der Waals surface area contributed by atoms with Crippen LogP contribution in [0.2, 0.25) is 5.02 Å². The molecule has 0 spiro atoms. The zero-order valence-electron chi connectivity index (χ0n) is 14.6. The van der Waals surface area contributed by atoms with Crippen LogP contribution >= 0.6 is 23.4 Å². The van der Waals surface area contributed by atoms with Crippen LogP contribution in [0.3, 0.4) is 0 Å². The lowest BCUT2D eigenvalue weighted by Gasteiger charge is -2.18. The number of nitrogens with zero attached hydrogens (tertiary/aromatic N) is 4. The van der Waals surface area contributed by atoms with Crippen molar-refractivity contribution < 1.29 is 9.21 Å². The van der Waals surface area contributed by atoms with E-state index >= 15 is 0 Å². The summed E-state index contributed by atoms with van der Waals surface area (Å²) in [5.74, 6) is 1.52. The summed E-state index contributed by atoms with van der Waals surface area (Å²) in [6.45, 7) is 5.31. The minimum atomic E-state index is 0.0696. The van der Waals surface area contributed by atoms with Crippen LogP contribution in [-0.4, -0.2) is 44.4 Å². The second-order valence-corrected chi connectivity index (χ2v) is 6.83. The fourth-order valence-electron chi connectivity index (χ4n) is 2.57. The quantitative estimate of drug-likeness (QED) is 0.567. The number of hydrogen-bond donors (Lipinski definition) is 0. The molecule has 0 saturated carbocycles. The Morgan fingerprint density at radius 2 is 2.04 bits per heavy atom. The van der Waals surface area contributed by atoms with Crippen molar-refractivity contribution in [2.75, 3.05) is 18.8 Å². The normalized spacial score (nSPS) is 10.9. The summed E-state index contributed by atoms with van der Waals surface area (Å²) >= 11 is 7.50. The van der Waals surface area contributed by atoms with Gasteiger partial charge in [-0.1, -0.05) is 29.4 Å². The standard InChI is InChI=1S/C18H19ClN4O2S/c1-3-22(4-2)16(24)12-26-18-21-20-17(15-9-6-10-25-15)23(18)14-8-5-7-13(19)11-14/h5-11H,3-4,12H2,1-2H3. The molecule has 6 nitrogen and oxygen atoms in total. The second kappa shape index (κ2) is 8.42. The molecule has 8 heteroatoms. The lowest BCUT2D eigenvalue weighted by molar-refractivity contribution is -0.127. The van der Waals surface area contributed by atoms with Crippen LogP contribution in [0, 0.1) is 0 Å². The van der Waals surface area contributed by atoms with Gasteiger partial charge in [-0.05, 0) is 44.2 Å². The largest absolute Gasteiger partial charge is 0.461 e. The predicted molar refractivity (Wildman–Crippen MR) is 103 cm³/mol. The second-order valence-electron chi connectivity index (χ2n) is 5.45. The monoisotopic (exact) mass is 390 g/mol. The van der Waals surface area contributed by atoms with Crippen LogP contribution in [0.25, 0.3) is 17.3 Å². The van der Waals surface area contributed by atoms with Crippen LogP contribution in [0.5, 0.6) is 0 Å². The highest BCUT2D eigenvalue weighted by molar-refractivity contribution is 7.99. The summed E-state index contributed by atoms with van der Waals surface area (Å²) in [7, 11) is 0. The van der Waals surface area contributed by atoms with Gasteiger partial charge in [-0.3, -0.25) is 9.36 Å². The summed E-state index contributed by atoms with van der Waals surface area (Å²) < 4.78 is 7.34. The molecule has 2 aromatic heterocycles. The van der Waals surface area contributed by atoms with Crippen LogP contribution < -0.4 is 0 Å². The summed E-state index contributed by atoms with van der Waals surface area (Å²) in [4.78, 5) is 14.1. The number of furan rings is 1. The first-order valence-corrected chi connectivity index (χ1v) is 9.66. The molecule has 0 aliphatic rings. The Kier molecular flexibility index (Phi) is 6.00. The third-order valence-corrected chi connectivity index (χ3v) is 5.03. The van der Waals surface area contributed by atoms with Crippen molar-refractivity contribution in [3.63, 3.8) is 0 Å². The fourth-order valence-corrected chi connectivity index (χ4v) is 3.61. The maximum absolute atomic E-state index is 12.3. The van der Waals surface area contributed by atoms with E-state index < -0.39 is 0 Å². The molecule has 0 atom stereocenters. The Hall–Kier alpha value is -2.25. The number of carbonyl (C=O) groups excluding carboxylic acids is 1. The topological polar surface area (TPSA) is 64.2 Å². The molecule has 3 rings (SSSR count). The maximum atomic E-state index is 12.3. The van der Waals surface area contributed by atoms with Gasteiger partial charge in [0.15, 0.2) is 10.9 Å². The molecule has 0 N–H and O–H groups in total. The fraction of sp³-hybridized carbons (Fsp3) is 0.278. The first-order valence-electron chi connectivity index (χ1n) is 8.29. The summed E-state index contributed by atoms with van der Waals surface area (Å²) in [5, 5.41) is 9.74. The SMILES string of the molecule is CCN(CC)C(=O)CSc1nnc(-c2ccco2)n1-c1cccc(Cl)c1. The van der Waals surface area contributed by atoms with Crippen molar-refractivity contribution in [3.05, 3.63) is 47.7 Å². The molecule has 3 aromatic rings. The molecular weight excluding hydrogens is 372 g/mol. The van der Waals surface area contributed by atoms with E-state index in [-0.39, 0.29) is 5.91 Å². The molecule has 0 aliphatic carbocycles. The third-order valence-electron chi connectivity index (χ3n) is 3.88. The Bertz CT molecular complexity index is 875. The van der Waals surface area contributed by atoms with E-state index in [0.29, 0.717) is 40.6 Å². The number of aromatic nitrogens is 3. The van der Waals surface area contributed by atoms with E-state index in [0.717, 1.165) is 5.69 Å². The number of hydrogen-bond acceptors (Lipinski definition) is 5. The number of benzene rings is 1. The maximum Gasteiger partial charge on any atom is 0.233 e. The van der Waals surface area contributed by atoms with Crippen LogP contribution in [0.15, 0.2) is 52.2 Å². The van der Waals surface area contributed by atoms with Gasteiger partial charge in [-0.2, -0.15) is 0 Å². The van der Waals surface area contributed by atoms with Gasteiger partial charge in [0, 0.05) is 18.1 Å². The number of rotatable bonds is 7. The zero-order valence-corrected chi connectivity index (χ0v) is 16.1. The van der Waals surface area contributed by atoms with Crippen LogP contribution in [0.4, 0.5) is 0 Å². The molecule has 0 aliphatic heterocycles. The molecule has 0 radical (unpaired) electrons. The highest BCUT2D eigenvalue weighted by Crippen LogP contribution is 2.29. The number of thioether (sulfide) groups is 1. The molecule has 0 bridgehead atoms. The molecular formula is C18H19ClN4O2S. The smallest absolute Gasteiger partial charge is 0.233 e. The number of halogens is 1. The van der Waals surface area contributed by atoms with E-state index in [9.17, 15) is 4.79 Å². The Labute approximate surface area is 161 Å². The lowest BCUT2D eigenvalue weighted by atomic mass is 10.3. The van der Waals surface area contributed by atoms with E-state index in [1.165, 1.54) is 11.8 Å². The van der Waals surface area contributed by atoms with E-state index in [1.807, 2.05) is 42.7 Å². The third kappa shape index (κ3) is 3.94. The van der Waals surface area contributed by atoms with Gasteiger partial charge in [-0.25, -0.2) is 0 Å².